The molecule has 0 aliphatic carbocycles. The van der Waals surface area contributed by atoms with E-state index >= 15 is 0 Å². The first-order chi connectivity index (χ1) is 9.24. The zero-order valence-electron chi connectivity index (χ0n) is 10.7. The number of benzene rings is 1. The first-order valence-electron chi connectivity index (χ1n) is 6.10. The van der Waals surface area contributed by atoms with Gasteiger partial charge in [-0.2, -0.15) is 5.26 Å². The van der Waals surface area contributed by atoms with E-state index in [1.54, 1.807) is 0 Å². The molecular formula is C14H16N2O3. The summed E-state index contributed by atoms with van der Waals surface area (Å²) in [5, 5.41) is 18.7. The molecule has 2 rings (SSSR count). The van der Waals surface area contributed by atoms with Crippen LogP contribution in [0, 0.1) is 11.3 Å². The third-order valence-electron chi connectivity index (χ3n) is 3.47. The van der Waals surface area contributed by atoms with Crippen LogP contribution in [0.15, 0.2) is 30.3 Å². The zero-order chi connectivity index (χ0) is 13.8. The summed E-state index contributed by atoms with van der Waals surface area (Å²) in [6, 6.07) is 10.7. The number of likely N-dealkylation sites (tertiary alicyclic amines) is 1. The van der Waals surface area contributed by atoms with Gasteiger partial charge in [0.25, 0.3) is 0 Å². The zero-order valence-corrected chi connectivity index (χ0v) is 10.7. The second-order valence-electron chi connectivity index (χ2n) is 4.49. The molecule has 1 saturated heterocycles. The minimum absolute atomic E-state index is 0.0732. The van der Waals surface area contributed by atoms with E-state index in [-0.39, 0.29) is 31.1 Å². The molecule has 1 aliphatic rings. The lowest BCUT2D eigenvalue weighted by Gasteiger charge is -2.51. The van der Waals surface area contributed by atoms with Crippen LogP contribution in [0.1, 0.15) is 11.5 Å². The topological polar surface area (TPSA) is 73.6 Å². The number of ether oxygens (including phenoxy) is 1. The average molecular weight is 260 g/mol. The SMILES string of the molecule is COCC(=O)N1[C@@H](C#N)[C@@H](c2ccccc2)[C@@H]1CO. The van der Waals surface area contributed by atoms with E-state index in [1.807, 2.05) is 30.3 Å². The maximum Gasteiger partial charge on any atom is 0.249 e. The summed E-state index contributed by atoms with van der Waals surface area (Å²) in [6.45, 7) is -0.233. The number of aliphatic hydroxyl groups is 1. The van der Waals surface area contributed by atoms with Crippen LogP contribution in [0.5, 0.6) is 0 Å². The van der Waals surface area contributed by atoms with Crippen LogP contribution >= 0.6 is 0 Å². The fraction of sp³-hybridized carbons (Fsp3) is 0.429. The maximum atomic E-state index is 11.9. The van der Waals surface area contributed by atoms with E-state index in [4.69, 9.17) is 4.74 Å². The van der Waals surface area contributed by atoms with E-state index in [0.717, 1.165) is 5.56 Å². The lowest BCUT2D eigenvalue weighted by molar-refractivity contribution is -0.150. The van der Waals surface area contributed by atoms with Gasteiger partial charge >= 0.3 is 0 Å². The van der Waals surface area contributed by atoms with Gasteiger partial charge in [-0.3, -0.25) is 4.79 Å². The molecule has 100 valence electrons. The van der Waals surface area contributed by atoms with Crippen LogP contribution in [0.3, 0.4) is 0 Å². The quantitative estimate of drug-likeness (QED) is 0.856. The van der Waals surface area contributed by atoms with Crippen molar-refractivity contribution in [1.82, 2.24) is 4.90 Å². The van der Waals surface area contributed by atoms with Gasteiger partial charge in [-0.25, -0.2) is 0 Å². The van der Waals surface area contributed by atoms with Crippen molar-refractivity contribution in [1.29, 1.82) is 5.26 Å². The van der Waals surface area contributed by atoms with Gasteiger partial charge in [-0.1, -0.05) is 30.3 Å². The highest BCUT2D eigenvalue weighted by Gasteiger charge is 2.51. The molecule has 1 fully saturated rings. The van der Waals surface area contributed by atoms with E-state index in [0.29, 0.717) is 0 Å². The van der Waals surface area contributed by atoms with Gasteiger partial charge < -0.3 is 14.7 Å². The summed E-state index contributed by atoms with van der Waals surface area (Å²) < 4.78 is 4.80. The number of rotatable bonds is 4. The van der Waals surface area contributed by atoms with E-state index in [2.05, 4.69) is 6.07 Å². The van der Waals surface area contributed by atoms with E-state index in [1.165, 1.54) is 12.0 Å². The molecule has 1 aromatic rings. The predicted octanol–water partition coefficient (Wildman–Crippen LogP) is 0.512. The summed E-state index contributed by atoms with van der Waals surface area (Å²) in [6.07, 6.45) is 0. The summed E-state index contributed by atoms with van der Waals surface area (Å²) in [5.74, 6) is -0.405. The minimum atomic E-state index is -0.540. The monoisotopic (exact) mass is 260 g/mol. The number of carbonyl (C=O) groups excluding carboxylic acids is 1. The maximum absolute atomic E-state index is 11.9. The van der Waals surface area contributed by atoms with Crippen molar-refractivity contribution in [2.75, 3.05) is 20.3 Å². The second-order valence-corrected chi connectivity index (χ2v) is 4.49. The summed E-state index contributed by atoms with van der Waals surface area (Å²) in [5.41, 5.74) is 0.967. The molecule has 1 amide bonds. The van der Waals surface area contributed by atoms with Crippen LogP contribution in [0.25, 0.3) is 0 Å². The molecule has 5 nitrogen and oxygen atoms in total. The Bertz CT molecular complexity index is 483. The molecule has 0 unspecified atom stereocenters. The van der Waals surface area contributed by atoms with Crippen molar-refractivity contribution in [3.63, 3.8) is 0 Å². The number of hydrogen-bond acceptors (Lipinski definition) is 4. The third-order valence-corrected chi connectivity index (χ3v) is 3.47. The summed E-state index contributed by atoms with van der Waals surface area (Å²) in [7, 11) is 1.43. The minimum Gasteiger partial charge on any atom is -0.394 e. The number of nitriles is 1. The molecule has 1 aliphatic heterocycles. The average Bonchev–Trinajstić information content (AvgIpc) is 2.40. The van der Waals surface area contributed by atoms with Gasteiger partial charge in [0.15, 0.2) is 0 Å². The number of carbonyl (C=O) groups is 1. The van der Waals surface area contributed by atoms with Crippen LogP contribution in [0.4, 0.5) is 0 Å². The van der Waals surface area contributed by atoms with Gasteiger partial charge in [-0.05, 0) is 5.56 Å². The molecule has 0 radical (unpaired) electrons. The Kier molecular flexibility index (Phi) is 4.15. The van der Waals surface area contributed by atoms with Crippen molar-refractivity contribution < 1.29 is 14.6 Å². The van der Waals surface area contributed by atoms with Crippen LogP contribution < -0.4 is 0 Å². The highest BCUT2D eigenvalue weighted by molar-refractivity contribution is 5.80. The van der Waals surface area contributed by atoms with Crippen LogP contribution in [-0.4, -0.2) is 48.3 Å². The van der Waals surface area contributed by atoms with Crippen molar-refractivity contribution in [3.8, 4) is 6.07 Å². The Balaban J connectivity index is 2.23. The highest BCUT2D eigenvalue weighted by atomic mass is 16.5. The Morgan fingerprint density at radius 1 is 1.47 bits per heavy atom. The van der Waals surface area contributed by atoms with Crippen LogP contribution in [-0.2, 0) is 9.53 Å². The Morgan fingerprint density at radius 3 is 2.68 bits per heavy atom. The normalized spacial score (nSPS) is 25.5. The molecule has 0 saturated carbocycles. The number of nitrogens with zero attached hydrogens (tertiary/aromatic N) is 2. The Labute approximate surface area is 112 Å². The van der Waals surface area contributed by atoms with E-state index < -0.39 is 6.04 Å². The summed E-state index contributed by atoms with van der Waals surface area (Å²) in [4.78, 5) is 13.3. The van der Waals surface area contributed by atoms with Gasteiger partial charge in [-0.15, -0.1) is 0 Å². The predicted molar refractivity (Wildman–Crippen MR) is 68.2 cm³/mol. The second kappa shape index (κ2) is 5.83. The highest BCUT2D eigenvalue weighted by Crippen LogP contribution is 2.40. The third kappa shape index (κ3) is 2.33. The van der Waals surface area contributed by atoms with Crippen molar-refractivity contribution in [2.45, 2.75) is 18.0 Å². The number of amides is 1. The lowest BCUT2D eigenvalue weighted by Crippen LogP contribution is -2.65. The molecule has 3 atom stereocenters. The number of hydrogen-bond donors (Lipinski definition) is 1. The van der Waals surface area contributed by atoms with Crippen LogP contribution in [0.2, 0.25) is 0 Å². The molecule has 19 heavy (non-hydrogen) atoms. The smallest absolute Gasteiger partial charge is 0.249 e. The largest absolute Gasteiger partial charge is 0.394 e. The van der Waals surface area contributed by atoms with Gasteiger partial charge in [0.2, 0.25) is 5.91 Å². The Hall–Kier alpha value is -1.90. The molecule has 0 aromatic heterocycles. The molecule has 5 heteroatoms. The molecule has 0 bridgehead atoms. The number of methoxy groups -OCH3 is 1. The van der Waals surface area contributed by atoms with E-state index in [9.17, 15) is 15.2 Å². The lowest BCUT2D eigenvalue weighted by atomic mass is 9.75. The molecular weight excluding hydrogens is 244 g/mol. The first-order valence-corrected chi connectivity index (χ1v) is 6.10. The van der Waals surface area contributed by atoms with Gasteiger partial charge in [0, 0.05) is 13.0 Å². The molecule has 0 spiro atoms. The van der Waals surface area contributed by atoms with Crippen molar-refractivity contribution >= 4 is 5.91 Å². The molecule has 1 aromatic carbocycles. The van der Waals surface area contributed by atoms with Gasteiger partial charge in [0.05, 0.1) is 18.7 Å². The standard InChI is InChI=1S/C14H16N2O3/c1-19-9-13(18)16-11(7-15)14(12(16)8-17)10-5-3-2-4-6-10/h2-6,11-12,14,17H,8-9H2,1H3/t11-,12-,14+/m0/s1. The molecule has 1 heterocycles. The van der Waals surface area contributed by atoms with Gasteiger partial charge in [0.1, 0.15) is 12.6 Å². The summed E-state index contributed by atoms with van der Waals surface area (Å²) >= 11 is 0. The first kappa shape index (κ1) is 13.5. The fourth-order valence-electron chi connectivity index (χ4n) is 2.62. The van der Waals surface area contributed by atoms with Crippen molar-refractivity contribution in [3.05, 3.63) is 35.9 Å². The fourth-order valence-corrected chi connectivity index (χ4v) is 2.62. The van der Waals surface area contributed by atoms with Crippen molar-refractivity contribution in [2.24, 2.45) is 0 Å². The molecule has 1 N–H and O–H groups in total. The Morgan fingerprint density at radius 2 is 2.16 bits per heavy atom. The number of aliphatic hydroxyl groups excluding tert-OH is 1.